The van der Waals surface area contributed by atoms with Crippen molar-refractivity contribution in [2.24, 2.45) is 0 Å². The van der Waals surface area contributed by atoms with Gasteiger partial charge in [0.2, 0.25) is 11.8 Å². The van der Waals surface area contributed by atoms with E-state index in [1.807, 2.05) is 57.3 Å². The van der Waals surface area contributed by atoms with Crippen LogP contribution in [0.2, 0.25) is 0 Å². The molecule has 0 bridgehead atoms. The molecule has 134 valence electrons. The number of carbonyl (C=O) groups is 2. The van der Waals surface area contributed by atoms with Gasteiger partial charge in [-0.3, -0.25) is 9.59 Å². The van der Waals surface area contributed by atoms with Gasteiger partial charge in [-0.15, -0.1) is 11.3 Å². The summed E-state index contributed by atoms with van der Waals surface area (Å²) in [6.07, 6.45) is 0. The molecule has 0 radical (unpaired) electrons. The minimum atomic E-state index is -0.323. The van der Waals surface area contributed by atoms with Gasteiger partial charge in [0, 0.05) is 10.9 Å². The molecule has 2 amide bonds. The van der Waals surface area contributed by atoms with E-state index in [1.54, 1.807) is 4.57 Å². The van der Waals surface area contributed by atoms with Crippen LogP contribution in [0, 0.1) is 10.9 Å². The molecule has 0 saturated heterocycles. The predicted octanol–water partition coefficient (Wildman–Crippen LogP) is 3.29. The van der Waals surface area contributed by atoms with Crippen LogP contribution in [-0.4, -0.2) is 28.5 Å². The molecule has 7 heteroatoms. The summed E-state index contributed by atoms with van der Waals surface area (Å²) in [7, 11) is 0. The molecule has 0 spiro atoms. The van der Waals surface area contributed by atoms with E-state index in [2.05, 4.69) is 10.6 Å². The van der Waals surface area contributed by atoms with Crippen molar-refractivity contribution < 1.29 is 9.59 Å². The highest BCUT2D eigenvalue weighted by atomic mass is 32.1. The molecule has 0 aliphatic heterocycles. The van der Waals surface area contributed by atoms with Gasteiger partial charge in [0.05, 0.1) is 12.2 Å². The molecule has 0 fully saturated rings. The first-order valence-electron chi connectivity index (χ1n) is 7.99. The zero-order valence-electron chi connectivity index (χ0n) is 14.9. The third kappa shape index (κ3) is 5.79. The second-order valence-electron chi connectivity index (χ2n) is 6.91. The van der Waals surface area contributed by atoms with Crippen LogP contribution >= 0.6 is 23.6 Å². The molecule has 1 heterocycles. The lowest BCUT2D eigenvalue weighted by Crippen LogP contribution is -2.46. The number of aryl methyl sites for hydroxylation is 1. The lowest BCUT2D eigenvalue weighted by molar-refractivity contribution is -0.127. The quantitative estimate of drug-likeness (QED) is 0.786. The number of thiazole rings is 1. The molecular formula is C18H23N3O2S2. The van der Waals surface area contributed by atoms with Gasteiger partial charge in [0.15, 0.2) is 3.95 Å². The zero-order chi connectivity index (χ0) is 18.6. The van der Waals surface area contributed by atoms with Gasteiger partial charge in [-0.1, -0.05) is 29.8 Å². The highest BCUT2D eigenvalue weighted by Gasteiger charge is 2.15. The summed E-state index contributed by atoms with van der Waals surface area (Å²) in [5.74, 6) is -0.458. The van der Waals surface area contributed by atoms with Crippen molar-refractivity contribution in [1.29, 1.82) is 0 Å². The molecule has 1 aromatic heterocycles. The fraction of sp³-hybridized carbons (Fsp3) is 0.389. The Labute approximate surface area is 157 Å². The average molecular weight is 378 g/mol. The standard InChI is InChI=1S/C18H23N3O2S2/c1-12-5-7-13(8-6-12)14-11-25-17(24)21(14)10-16(23)19-9-15(22)20-18(2,3)4/h5-8,11H,9-10H2,1-4H3,(H,19,23)(H,20,22). The summed E-state index contributed by atoms with van der Waals surface area (Å²) < 4.78 is 2.42. The number of benzene rings is 1. The third-order valence-corrected chi connectivity index (χ3v) is 4.66. The molecule has 0 atom stereocenters. The van der Waals surface area contributed by atoms with Crippen molar-refractivity contribution >= 4 is 35.4 Å². The third-order valence-electron chi connectivity index (χ3n) is 3.39. The number of carbonyl (C=O) groups excluding carboxylic acids is 2. The van der Waals surface area contributed by atoms with Gasteiger partial charge in [-0.2, -0.15) is 0 Å². The predicted molar refractivity (Wildman–Crippen MR) is 104 cm³/mol. The van der Waals surface area contributed by atoms with E-state index in [4.69, 9.17) is 12.2 Å². The van der Waals surface area contributed by atoms with Crippen LogP contribution in [0.1, 0.15) is 26.3 Å². The summed E-state index contributed by atoms with van der Waals surface area (Å²) in [4.78, 5) is 24.0. The minimum absolute atomic E-state index is 0.0482. The number of nitrogens with zero attached hydrogens (tertiary/aromatic N) is 1. The van der Waals surface area contributed by atoms with E-state index in [-0.39, 0.29) is 30.4 Å². The fourth-order valence-electron chi connectivity index (χ4n) is 2.27. The normalized spacial score (nSPS) is 11.2. The van der Waals surface area contributed by atoms with Gasteiger partial charge in [0.25, 0.3) is 0 Å². The minimum Gasteiger partial charge on any atom is -0.350 e. The van der Waals surface area contributed by atoms with E-state index in [1.165, 1.54) is 16.9 Å². The number of nitrogens with one attached hydrogen (secondary N) is 2. The fourth-order valence-corrected chi connectivity index (χ4v) is 3.34. The Morgan fingerprint density at radius 2 is 1.80 bits per heavy atom. The molecule has 2 N–H and O–H groups in total. The van der Waals surface area contributed by atoms with Crippen molar-refractivity contribution in [3.05, 3.63) is 39.2 Å². The SMILES string of the molecule is Cc1ccc(-c2csc(=S)n2CC(=O)NCC(=O)NC(C)(C)C)cc1. The monoisotopic (exact) mass is 377 g/mol. The summed E-state index contributed by atoms with van der Waals surface area (Å²) in [6, 6.07) is 8.07. The highest BCUT2D eigenvalue weighted by molar-refractivity contribution is 7.73. The molecule has 0 saturated carbocycles. The van der Waals surface area contributed by atoms with Crippen molar-refractivity contribution in [1.82, 2.24) is 15.2 Å². The van der Waals surface area contributed by atoms with Gasteiger partial charge in [0.1, 0.15) is 6.54 Å². The topological polar surface area (TPSA) is 63.1 Å². The van der Waals surface area contributed by atoms with Crippen molar-refractivity contribution in [2.75, 3.05) is 6.54 Å². The van der Waals surface area contributed by atoms with E-state index >= 15 is 0 Å². The Morgan fingerprint density at radius 3 is 2.40 bits per heavy atom. The lowest BCUT2D eigenvalue weighted by atomic mass is 10.1. The van der Waals surface area contributed by atoms with E-state index in [9.17, 15) is 9.59 Å². The first-order chi connectivity index (χ1) is 11.7. The van der Waals surface area contributed by atoms with Crippen molar-refractivity contribution in [3.63, 3.8) is 0 Å². The molecule has 0 unspecified atom stereocenters. The first-order valence-corrected chi connectivity index (χ1v) is 9.27. The Morgan fingerprint density at radius 1 is 1.16 bits per heavy atom. The van der Waals surface area contributed by atoms with Crippen LogP contribution in [0.15, 0.2) is 29.6 Å². The van der Waals surface area contributed by atoms with Gasteiger partial charge in [-0.25, -0.2) is 0 Å². The van der Waals surface area contributed by atoms with E-state index < -0.39 is 0 Å². The molecule has 25 heavy (non-hydrogen) atoms. The Bertz CT molecular complexity index is 814. The van der Waals surface area contributed by atoms with Crippen molar-refractivity contribution in [3.8, 4) is 11.3 Å². The second kappa shape index (κ2) is 7.93. The number of aromatic nitrogens is 1. The van der Waals surface area contributed by atoms with E-state index in [0.29, 0.717) is 3.95 Å². The Kier molecular flexibility index (Phi) is 6.13. The van der Waals surface area contributed by atoms with Gasteiger partial charge >= 0.3 is 0 Å². The van der Waals surface area contributed by atoms with Gasteiger partial charge in [-0.05, 0) is 45.5 Å². The molecule has 2 rings (SSSR count). The molecule has 1 aromatic carbocycles. The summed E-state index contributed by atoms with van der Waals surface area (Å²) in [5, 5.41) is 7.40. The number of hydrogen-bond donors (Lipinski definition) is 2. The summed E-state index contributed by atoms with van der Waals surface area (Å²) >= 11 is 6.77. The maximum absolute atomic E-state index is 12.2. The molecule has 0 aliphatic carbocycles. The maximum atomic E-state index is 12.2. The van der Waals surface area contributed by atoms with Crippen LogP contribution in [-0.2, 0) is 16.1 Å². The van der Waals surface area contributed by atoms with Crippen LogP contribution in [0.25, 0.3) is 11.3 Å². The van der Waals surface area contributed by atoms with Gasteiger partial charge < -0.3 is 15.2 Å². The van der Waals surface area contributed by atoms with Crippen molar-refractivity contribution in [2.45, 2.75) is 39.8 Å². The summed E-state index contributed by atoms with van der Waals surface area (Å²) in [6.45, 7) is 7.75. The highest BCUT2D eigenvalue weighted by Crippen LogP contribution is 2.24. The second-order valence-corrected chi connectivity index (χ2v) is 8.42. The maximum Gasteiger partial charge on any atom is 0.240 e. The van der Waals surface area contributed by atoms with E-state index in [0.717, 1.165) is 11.3 Å². The molecule has 2 aromatic rings. The van der Waals surface area contributed by atoms with Crippen LogP contribution < -0.4 is 10.6 Å². The average Bonchev–Trinajstić information content (AvgIpc) is 2.86. The zero-order valence-corrected chi connectivity index (χ0v) is 16.5. The lowest BCUT2D eigenvalue weighted by Gasteiger charge is -2.20. The Hall–Kier alpha value is -1.99. The summed E-state index contributed by atoms with van der Waals surface area (Å²) in [5.41, 5.74) is 2.77. The van der Waals surface area contributed by atoms with Crippen LogP contribution in [0.3, 0.4) is 0 Å². The largest absolute Gasteiger partial charge is 0.350 e. The number of amides is 2. The first kappa shape index (κ1) is 19.3. The Balaban J connectivity index is 2.04. The molecule has 5 nitrogen and oxygen atoms in total. The number of hydrogen-bond acceptors (Lipinski definition) is 4. The molecular weight excluding hydrogens is 354 g/mol. The van der Waals surface area contributed by atoms with Crippen LogP contribution in [0.4, 0.5) is 0 Å². The molecule has 0 aliphatic rings. The number of rotatable bonds is 5. The van der Waals surface area contributed by atoms with Crippen LogP contribution in [0.5, 0.6) is 0 Å². The smallest absolute Gasteiger partial charge is 0.240 e.